The van der Waals surface area contributed by atoms with Gasteiger partial charge in [-0.1, -0.05) is 74.8 Å². The molecule has 5 aromatic rings. The van der Waals surface area contributed by atoms with Crippen LogP contribution in [0.25, 0.3) is 0 Å². The smallest absolute Gasteiger partial charge is 0.246 e. The fourth-order valence-electron chi connectivity index (χ4n) is 11.9. The van der Waals surface area contributed by atoms with E-state index in [1.807, 2.05) is 45.0 Å². The standard InChI is InChI=1S/C61H78ClN9O7S/c1-36(2)79(75,76)54-20-13-12-18-50(54)65-56-48(62)34-64-60(69-56)67-51-29-37(3)47(33-53(51)77-9)40-25-27-70(28-26-40)43-22-24-45(32-43)78-44-23-21-41-31-52(58(73)66-49-19-14-16-39-15-10-11-17-46(39)49)71(35-42(41)30-44)59(74)55(61(5,6)7)68-57(72)38(4)63-8/h10-13,15,17-18,20-21,23,29-30,33-34,36,38,40,43,45,49,52,55,63H,14,16,19,22,24-28,31-32,35H2,1-9H3,(H,66,73)(H,68,72)(H2,64,65,67,69)/t38-,43?,45?,49+,52-,55+/m0/s1. The van der Waals surface area contributed by atoms with Crippen molar-refractivity contribution in [3.63, 3.8) is 0 Å². The van der Waals surface area contributed by atoms with E-state index in [2.05, 4.69) is 78.7 Å². The molecule has 4 aliphatic rings. The van der Waals surface area contributed by atoms with Crippen LogP contribution in [0.5, 0.6) is 11.5 Å². The number of rotatable bonds is 17. The van der Waals surface area contributed by atoms with E-state index < -0.39 is 38.6 Å². The summed E-state index contributed by atoms with van der Waals surface area (Å²) in [5.41, 5.74) is 7.12. The number of aryl methyl sites for hydroxylation is 2. The molecule has 1 aromatic heterocycles. The first kappa shape index (κ1) is 57.4. The number of anilines is 4. The first-order valence-corrected chi connectivity index (χ1v) is 29.9. The van der Waals surface area contributed by atoms with Gasteiger partial charge in [0.05, 0.1) is 46.9 Å². The number of fused-ring (bicyclic) bond motifs is 2. The highest BCUT2D eigenvalue weighted by atomic mass is 35.5. The minimum atomic E-state index is -3.59. The summed E-state index contributed by atoms with van der Waals surface area (Å²) >= 11 is 6.54. The lowest BCUT2D eigenvalue weighted by Gasteiger charge is -2.42. The largest absolute Gasteiger partial charge is 0.495 e. The van der Waals surface area contributed by atoms with E-state index in [9.17, 15) is 22.8 Å². The molecule has 5 N–H and O–H groups in total. The zero-order valence-electron chi connectivity index (χ0n) is 47.1. The SMILES string of the molecule is CN[C@@H](C)C(=O)N[C@H](C(=O)N1Cc2cc(OC3CCC(N4CCC(c5cc(OC)c(Nc6ncc(Cl)c(Nc7ccccc7S(=O)(=O)C(C)C)n6)cc5C)CC4)C3)ccc2C[C@H]1C(=O)N[C@@H]1CCCc2ccccc21)C(C)(C)C. The lowest BCUT2D eigenvalue weighted by atomic mass is 9.83. The van der Waals surface area contributed by atoms with Crippen molar-refractivity contribution < 1.29 is 32.3 Å². The van der Waals surface area contributed by atoms with Gasteiger partial charge < -0.3 is 45.9 Å². The van der Waals surface area contributed by atoms with Crippen LogP contribution in [0.4, 0.5) is 23.1 Å². The number of hydrogen-bond acceptors (Lipinski definition) is 13. The molecular weight excluding hydrogens is 1040 g/mol. The average Bonchev–Trinajstić information content (AvgIpc) is 3.97. The third-order valence-electron chi connectivity index (χ3n) is 16.6. The van der Waals surface area contributed by atoms with Crippen molar-refractivity contribution in [2.45, 2.75) is 165 Å². The summed E-state index contributed by atoms with van der Waals surface area (Å²) in [6.45, 7) is 15.1. The van der Waals surface area contributed by atoms with Crippen LogP contribution in [-0.2, 0) is 43.6 Å². The van der Waals surface area contributed by atoms with Gasteiger partial charge in [0, 0.05) is 19.0 Å². The molecule has 0 radical (unpaired) electrons. The Morgan fingerprint density at radius 2 is 1.59 bits per heavy atom. The molecule has 4 aromatic carbocycles. The molecule has 16 nitrogen and oxygen atoms in total. The quantitative estimate of drug-likeness (QED) is 0.0591. The van der Waals surface area contributed by atoms with E-state index in [0.29, 0.717) is 35.5 Å². The number of halogens is 1. The first-order valence-electron chi connectivity index (χ1n) is 28.0. The molecule has 2 aliphatic carbocycles. The Labute approximate surface area is 471 Å². The number of likely N-dealkylation sites (tertiary alicyclic amines) is 1. The lowest BCUT2D eigenvalue weighted by Crippen LogP contribution is -2.62. The molecule has 9 rings (SSSR count). The van der Waals surface area contributed by atoms with Crippen molar-refractivity contribution in [3.8, 4) is 11.5 Å². The van der Waals surface area contributed by atoms with Gasteiger partial charge in [-0.05, 0) is 180 Å². The minimum Gasteiger partial charge on any atom is -0.495 e. The van der Waals surface area contributed by atoms with Crippen LogP contribution < -0.4 is 36.1 Å². The van der Waals surface area contributed by atoms with Crippen molar-refractivity contribution in [3.05, 3.63) is 123 Å². The molecule has 2 unspecified atom stereocenters. The number of carbonyl (C=O) groups excluding carboxylic acids is 3. The van der Waals surface area contributed by atoms with Crippen LogP contribution in [0.15, 0.2) is 90.0 Å². The number of amides is 3. The molecule has 1 saturated heterocycles. The number of carbonyl (C=O) groups is 3. The van der Waals surface area contributed by atoms with Crippen LogP contribution in [0.1, 0.15) is 132 Å². The van der Waals surface area contributed by atoms with E-state index in [1.165, 1.54) is 17.3 Å². The van der Waals surface area contributed by atoms with Crippen molar-refractivity contribution in [1.29, 1.82) is 0 Å². The zero-order valence-corrected chi connectivity index (χ0v) is 48.7. The normalized spacial score (nSPS) is 20.6. The Kier molecular flexibility index (Phi) is 17.6. The van der Waals surface area contributed by atoms with Gasteiger partial charge in [-0.25, -0.2) is 13.4 Å². The maximum absolute atomic E-state index is 14.9. The summed E-state index contributed by atoms with van der Waals surface area (Å²) in [5.74, 6) is 1.53. The van der Waals surface area contributed by atoms with Gasteiger partial charge in [0.1, 0.15) is 34.7 Å². The molecule has 2 fully saturated rings. The zero-order chi connectivity index (χ0) is 56.3. The second-order valence-electron chi connectivity index (χ2n) is 23.2. The summed E-state index contributed by atoms with van der Waals surface area (Å²) in [6.07, 6.45) is 9.52. The topological polar surface area (TPSA) is 196 Å². The van der Waals surface area contributed by atoms with Gasteiger partial charge in [-0.3, -0.25) is 14.4 Å². The van der Waals surface area contributed by atoms with Crippen molar-refractivity contribution in [2.75, 3.05) is 37.9 Å². The molecule has 1 saturated carbocycles. The van der Waals surface area contributed by atoms with Crippen LogP contribution in [0, 0.1) is 12.3 Å². The summed E-state index contributed by atoms with van der Waals surface area (Å²) in [4.78, 5) is 56.3. The molecule has 6 atom stereocenters. The lowest BCUT2D eigenvalue weighted by molar-refractivity contribution is -0.147. The maximum atomic E-state index is 14.9. The monoisotopic (exact) mass is 1120 g/mol. The van der Waals surface area contributed by atoms with E-state index >= 15 is 0 Å². The summed E-state index contributed by atoms with van der Waals surface area (Å²) in [6, 6.07) is 23.4. The van der Waals surface area contributed by atoms with Gasteiger partial charge in [0.25, 0.3) is 0 Å². The maximum Gasteiger partial charge on any atom is 0.246 e. The Hall–Kier alpha value is -6.27. The molecule has 18 heteroatoms. The predicted octanol–water partition coefficient (Wildman–Crippen LogP) is 9.88. The Morgan fingerprint density at radius 1 is 0.848 bits per heavy atom. The van der Waals surface area contributed by atoms with Gasteiger partial charge in [-0.15, -0.1) is 0 Å². The van der Waals surface area contributed by atoms with Gasteiger partial charge in [0.2, 0.25) is 23.7 Å². The van der Waals surface area contributed by atoms with E-state index in [4.69, 9.17) is 21.1 Å². The molecule has 0 bridgehead atoms. The summed E-state index contributed by atoms with van der Waals surface area (Å²) in [5, 5.41) is 15.4. The van der Waals surface area contributed by atoms with Gasteiger partial charge in [-0.2, -0.15) is 4.98 Å². The predicted molar refractivity (Wildman–Crippen MR) is 310 cm³/mol. The molecule has 422 valence electrons. The molecule has 79 heavy (non-hydrogen) atoms. The number of benzene rings is 4. The van der Waals surface area contributed by atoms with E-state index in [-0.39, 0.29) is 58.1 Å². The number of nitrogens with zero attached hydrogens (tertiary/aromatic N) is 4. The highest BCUT2D eigenvalue weighted by molar-refractivity contribution is 7.92. The number of piperidine rings is 1. The summed E-state index contributed by atoms with van der Waals surface area (Å²) < 4.78 is 39.0. The fraction of sp³-hybridized carbons (Fsp3) is 0.492. The third kappa shape index (κ3) is 12.9. The molecule has 3 heterocycles. The van der Waals surface area contributed by atoms with Crippen molar-refractivity contribution in [2.24, 2.45) is 5.41 Å². The number of likely N-dealkylation sites (N-methyl/N-ethyl adjacent to an activating group) is 1. The van der Waals surface area contributed by atoms with Crippen molar-refractivity contribution in [1.82, 2.24) is 35.7 Å². The average molecular weight is 1120 g/mol. The summed E-state index contributed by atoms with van der Waals surface area (Å²) in [7, 11) is -0.225. The number of sulfone groups is 1. The molecule has 0 spiro atoms. The van der Waals surface area contributed by atoms with Crippen LogP contribution in [-0.4, -0.2) is 109 Å². The second-order valence-corrected chi connectivity index (χ2v) is 26.1. The Bertz CT molecular complexity index is 3160. The van der Waals surface area contributed by atoms with E-state index in [1.54, 1.807) is 64.1 Å². The molecule has 3 amide bonds. The number of ether oxygens (including phenoxy) is 2. The Balaban J connectivity index is 0.838. The first-order chi connectivity index (χ1) is 37.7. The molecular formula is C61H78ClN9O7S. The second kappa shape index (κ2) is 24.2. The van der Waals surface area contributed by atoms with Gasteiger partial charge >= 0.3 is 0 Å². The van der Waals surface area contributed by atoms with Crippen LogP contribution in [0.2, 0.25) is 5.02 Å². The number of hydrogen-bond donors (Lipinski definition) is 5. The Morgan fingerprint density at radius 3 is 2.33 bits per heavy atom. The third-order valence-corrected chi connectivity index (χ3v) is 19.1. The number of aromatic nitrogens is 2. The minimum absolute atomic E-state index is 0.0357. The number of para-hydroxylation sites is 1. The van der Waals surface area contributed by atoms with Crippen molar-refractivity contribution >= 4 is 62.3 Å². The van der Waals surface area contributed by atoms with Gasteiger partial charge in [0.15, 0.2) is 15.7 Å². The highest BCUT2D eigenvalue weighted by Gasteiger charge is 2.43. The number of nitrogens with one attached hydrogen (secondary N) is 5. The molecule has 2 aliphatic heterocycles. The van der Waals surface area contributed by atoms with Crippen LogP contribution in [0.3, 0.4) is 0 Å². The number of methoxy groups -OCH3 is 1. The van der Waals surface area contributed by atoms with E-state index in [0.717, 1.165) is 92.5 Å². The van der Waals surface area contributed by atoms with Crippen LogP contribution >= 0.6 is 11.6 Å². The fourth-order valence-corrected chi connectivity index (χ4v) is 13.2. The highest BCUT2D eigenvalue weighted by Crippen LogP contribution is 2.41.